The number of amides is 2. The van der Waals surface area contributed by atoms with Crippen LogP contribution in [0.1, 0.15) is 15.9 Å². The van der Waals surface area contributed by atoms with E-state index < -0.39 is 0 Å². The monoisotopic (exact) mass is 511 g/mol. The van der Waals surface area contributed by atoms with Crippen LogP contribution in [-0.4, -0.2) is 28.7 Å². The van der Waals surface area contributed by atoms with Gasteiger partial charge in [0.15, 0.2) is 0 Å². The third kappa shape index (κ3) is 5.95. The highest BCUT2D eigenvalue weighted by atomic mass is 35.5. The van der Waals surface area contributed by atoms with Crippen LogP contribution in [0.15, 0.2) is 77.8 Å². The number of carbonyl (C=O) groups is 2. The van der Waals surface area contributed by atoms with Crippen LogP contribution in [0.3, 0.4) is 0 Å². The van der Waals surface area contributed by atoms with Gasteiger partial charge in [-0.25, -0.2) is 0 Å². The van der Waals surface area contributed by atoms with Crippen molar-refractivity contribution in [3.8, 4) is 0 Å². The molecule has 0 unspecified atom stereocenters. The normalized spacial score (nSPS) is 10.9. The highest BCUT2D eigenvalue weighted by molar-refractivity contribution is 8.00. The Bertz CT molecular complexity index is 1350. The molecule has 174 valence electrons. The molecule has 3 aromatic carbocycles. The summed E-state index contributed by atoms with van der Waals surface area (Å²) in [7, 11) is 0. The van der Waals surface area contributed by atoms with Gasteiger partial charge in [-0.3, -0.25) is 9.59 Å². The summed E-state index contributed by atoms with van der Waals surface area (Å²) in [6.07, 6.45) is 2.02. The Morgan fingerprint density at radius 3 is 2.62 bits per heavy atom. The van der Waals surface area contributed by atoms with Gasteiger partial charge in [-0.2, -0.15) is 0 Å². The molecule has 0 aliphatic heterocycles. The van der Waals surface area contributed by atoms with Gasteiger partial charge < -0.3 is 15.2 Å². The molecular formula is C26H23Cl2N3O2S. The number of nitrogens with zero attached hydrogens (tertiary/aromatic N) is 1. The van der Waals surface area contributed by atoms with E-state index in [0.717, 1.165) is 27.0 Å². The molecule has 0 bridgehead atoms. The molecule has 4 rings (SSSR count). The number of hydrogen-bond donors (Lipinski definition) is 2. The molecule has 5 nitrogen and oxygen atoms in total. The summed E-state index contributed by atoms with van der Waals surface area (Å²) in [6.45, 7) is 2.99. The molecular weight excluding hydrogens is 489 g/mol. The lowest BCUT2D eigenvalue weighted by Gasteiger charge is -2.09. The fourth-order valence-electron chi connectivity index (χ4n) is 3.64. The zero-order valence-electron chi connectivity index (χ0n) is 18.5. The molecule has 0 fully saturated rings. The Morgan fingerprint density at radius 1 is 1.00 bits per heavy atom. The Balaban J connectivity index is 1.39. The van der Waals surface area contributed by atoms with Crippen LogP contribution in [0, 0.1) is 6.92 Å². The minimum absolute atomic E-state index is 0.0560. The van der Waals surface area contributed by atoms with Crippen molar-refractivity contribution in [2.45, 2.75) is 18.4 Å². The number of halogens is 2. The third-order valence-corrected chi connectivity index (χ3v) is 6.82. The molecule has 0 aliphatic rings. The van der Waals surface area contributed by atoms with Gasteiger partial charge in [0, 0.05) is 45.8 Å². The maximum absolute atomic E-state index is 12.5. The summed E-state index contributed by atoms with van der Waals surface area (Å²) >= 11 is 13.5. The van der Waals surface area contributed by atoms with E-state index in [1.807, 2.05) is 61.7 Å². The van der Waals surface area contributed by atoms with Gasteiger partial charge in [0.1, 0.15) is 0 Å². The minimum Gasteiger partial charge on any atom is -0.350 e. The highest BCUT2D eigenvalue weighted by Crippen LogP contribution is 2.30. The number of carbonyl (C=O) groups excluding carboxylic acids is 2. The third-order valence-electron chi connectivity index (χ3n) is 5.23. The van der Waals surface area contributed by atoms with E-state index >= 15 is 0 Å². The number of fused-ring (bicyclic) bond motifs is 1. The summed E-state index contributed by atoms with van der Waals surface area (Å²) in [5, 5.41) is 7.73. The van der Waals surface area contributed by atoms with Crippen molar-refractivity contribution in [3.05, 3.63) is 94.1 Å². The zero-order valence-corrected chi connectivity index (χ0v) is 20.8. The average molecular weight is 512 g/mol. The van der Waals surface area contributed by atoms with E-state index in [4.69, 9.17) is 23.2 Å². The molecule has 4 aromatic rings. The maximum Gasteiger partial charge on any atom is 0.252 e. The number of rotatable bonds is 8. The fourth-order valence-corrected chi connectivity index (χ4v) is 5.02. The van der Waals surface area contributed by atoms with Crippen molar-refractivity contribution in [1.82, 2.24) is 9.88 Å². The van der Waals surface area contributed by atoms with Crippen molar-refractivity contribution in [1.29, 1.82) is 0 Å². The second kappa shape index (κ2) is 11.0. The van der Waals surface area contributed by atoms with Crippen LogP contribution in [0.5, 0.6) is 0 Å². The molecule has 2 amide bonds. The summed E-state index contributed by atoms with van der Waals surface area (Å²) < 4.78 is 2.08. The van der Waals surface area contributed by atoms with E-state index in [-0.39, 0.29) is 11.8 Å². The summed E-state index contributed by atoms with van der Waals surface area (Å²) in [6, 6.07) is 20.6. The first-order valence-corrected chi connectivity index (χ1v) is 12.5. The molecule has 2 N–H and O–H groups in total. The highest BCUT2D eigenvalue weighted by Gasteiger charge is 2.13. The van der Waals surface area contributed by atoms with Gasteiger partial charge in [0.05, 0.1) is 16.3 Å². The first kappa shape index (κ1) is 24.2. The van der Waals surface area contributed by atoms with Crippen molar-refractivity contribution in [3.63, 3.8) is 0 Å². The number of hydrogen-bond acceptors (Lipinski definition) is 3. The second-order valence-electron chi connectivity index (χ2n) is 7.79. The summed E-state index contributed by atoms with van der Waals surface area (Å²) in [4.78, 5) is 26.0. The van der Waals surface area contributed by atoms with Crippen molar-refractivity contribution in [2.75, 3.05) is 17.6 Å². The Morgan fingerprint density at radius 2 is 1.82 bits per heavy atom. The number of benzene rings is 3. The molecule has 0 radical (unpaired) electrons. The molecule has 34 heavy (non-hydrogen) atoms. The summed E-state index contributed by atoms with van der Waals surface area (Å²) in [5.74, 6) is -0.00612. The van der Waals surface area contributed by atoms with Crippen LogP contribution in [0.2, 0.25) is 10.0 Å². The predicted molar refractivity (Wildman–Crippen MR) is 141 cm³/mol. The van der Waals surface area contributed by atoms with Gasteiger partial charge in [0.25, 0.3) is 5.91 Å². The Labute approximate surface area is 212 Å². The molecule has 0 atom stereocenters. The van der Waals surface area contributed by atoms with Crippen molar-refractivity contribution in [2.24, 2.45) is 0 Å². The molecule has 0 saturated carbocycles. The maximum atomic E-state index is 12.5. The topological polar surface area (TPSA) is 63.1 Å². The Kier molecular flexibility index (Phi) is 7.83. The number of nitrogens with one attached hydrogen (secondary N) is 2. The van der Waals surface area contributed by atoms with Crippen LogP contribution in [0.25, 0.3) is 10.9 Å². The first-order valence-electron chi connectivity index (χ1n) is 10.7. The van der Waals surface area contributed by atoms with E-state index in [9.17, 15) is 9.59 Å². The van der Waals surface area contributed by atoms with Crippen LogP contribution in [0.4, 0.5) is 5.69 Å². The first-order chi connectivity index (χ1) is 16.4. The second-order valence-corrected chi connectivity index (χ2v) is 9.65. The SMILES string of the molecule is Cc1cccc(NC(=O)CSc2cn(CCNC(=O)c3ccc(Cl)cc3Cl)c3ccccc23)c1. The number of aromatic nitrogens is 1. The minimum atomic E-state index is -0.249. The lowest BCUT2D eigenvalue weighted by Crippen LogP contribution is -2.27. The summed E-state index contributed by atoms with van der Waals surface area (Å²) in [5.41, 5.74) is 3.32. The van der Waals surface area contributed by atoms with E-state index in [2.05, 4.69) is 15.2 Å². The lowest BCUT2D eigenvalue weighted by atomic mass is 10.2. The van der Waals surface area contributed by atoms with Gasteiger partial charge in [-0.05, 0) is 48.9 Å². The molecule has 0 spiro atoms. The van der Waals surface area contributed by atoms with Crippen molar-refractivity contribution < 1.29 is 9.59 Å². The smallest absolute Gasteiger partial charge is 0.252 e. The molecule has 1 heterocycles. The number of para-hydroxylation sites is 1. The quantitative estimate of drug-likeness (QED) is 0.268. The van der Waals surface area contributed by atoms with Crippen LogP contribution >= 0.6 is 35.0 Å². The molecule has 8 heteroatoms. The fraction of sp³-hybridized carbons (Fsp3) is 0.154. The van der Waals surface area contributed by atoms with Crippen LogP contribution < -0.4 is 10.6 Å². The van der Waals surface area contributed by atoms with E-state index in [1.54, 1.807) is 18.2 Å². The predicted octanol–water partition coefficient (Wildman–Crippen LogP) is 6.42. The average Bonchev–Trinajstić information content (AvgIpc) is 3.15. The van der Waals surface area contributed by atoms with Crippen LogP contribution in [-0.2, 0) is 11.3 Å². The number of thioether (sulfide) groups is 1. The Hall–Kier alpha value is -2.93. The van der Waals surface area contributed by atoms with Gasteiger partial charge in [-0.1, -0.05) is 53.5 Å². The standard InChI is InChI=1S/C26H23Cl2N3O2S/c1-17-5-4-6-19(13-17)30-25(32)16-34-24-15-31(23-8-3-2-7-21(23)24)12-11-29-26(33)20-10-9-18(27)14-22(20)28/h2-10,13-15H,11-12,16H2,1H3,(H,29,33)(H,30,32). The molecule has 1 aromatic heterocycles. The van der Waals surface area contributed by atoms with Gasteiger partial charge >= 0.3 is 0 Å². The van der Waals surface area contributed by atoms with Crippen molar-refractivity contribution >= 4 is 63.4 Å². The van der Waals surface area contributed by atoms with E-state index in [0.29, 0.717) is 34.5 Å². The number of anilines is 1. The lowest BCUT2D eigenvalue weighted by molar-refractivity contribution is -0.113. The van der Waals surface area contributed by atoms with Gasteiger partial charge in [0.2, 0.25) is 5.91 Å². The molecule has 0 aliphatic carbocycles. The largest absolute Gasteiger partial charge is 0.350 e. The number of aryl methyl sites for hydroxylation is 1. The van der Waals surface area contributed by atoms with Gasteiger partial charge in [-0.15, -0.1) is 11.8 Å². The zero-order chi connectivity index (χ0) is 24.1. The van der Waals surface area contributed by atoms with E-state index in [1.165, 1.54) is 11.8 Å². The molecule has 0 saturated heterocycles.